The molecule has 0 fully saturated rings. The molecule has 0 aromatic rings. The molecule has 5 heavy (non-hydrogen) atoms. The summed E-state index contributed by atoms with van der Waals surface area (Å²) in [5, 5.41) is 0. The quantitative estimate of drug-likeness (QED) is 0.291. The first-order chi connectivity index (χ1) is 0. The van der Waals surface area contributed by atoms with Crippen molar-refractivity contribution >= 4 is 0 Å². The van der Waals surface area contributed by atoms with Crippen LogP contribution < -0.4 is 29.6 Å². The third kappa shape index (κ3) is 30.6. The van der Waals surface area contributed by atoms with Gasteiger partial charge in [-0.15, -0.1) is 0 Å². The Hall–Kier alpha value is 1.46. The Bertz CT molecular complexity index is 6.85. The molecular formula is H6NaO3V+. The minimum atomic E-state index is 0. The fourth-order valence-corrected chi connectivity index (χ4v) is 0. The Labute approximate surface area is 64.2 Å². The molecule has 6 N–H and O–H groups in total. The van der Waals surface area contributed by atoms with Crippen LogP contribution in [-0.4, -0.2) is 16.4 Å². The van der Waals surface area contributed by atoms with Crippen LogP contribution in [0.2, 0.25) is 0 Å². The summed E-state index contributed by atoms with van der Waals surface area (Å²) in [6, 6.07) is 0. The van der Waals surface area contributed by atoms with Gasteiger partial charge in [0.15, 0.2) is 0 Å². The second kappa shape index (κ2) is 50.8. The molecule has 3 nitrogen and oxygen atoms in total. The van der Waals surface area contributed by atoms with Crippen LogP contribution in [0.3, 0.4) is 0 Å². The Kier molecular flexibility index (Phi) is 914. The van der Waals surface area contributed by atoms with Gasteiger partial charge < -0.3 is 16.4 Å². The molecule has 1 radical (unpaired) electrons. The van der Waals surface area contributed by atoms with E-state index in [0.29, 0.717) is 0 Å². The van der Waals surface area contributed by atoms with Crippen molar-refractivity contribution in [2.24, 2.45) is 0 Å². The van der Waals surface area contributed by atoms with Crippen LogP contribution in [0.1, 0.15) is 0 Å². The third-order valence-corrected chi connectivity index (χ3v) is 0. The van der Waals surface area contributed by atoms with Gasteiger partial charge in [0, 0.05) is 18.6 Å². The van der Waals surface area contributed by atoms with Crippen molar-refractivity contribution in [1.29, 1.82) is 0 Å². The van der Waals surface area contributed by atoms with Gasteiger partial charge in [0.25, 0.3) is 0 Å². The largest absolute Gasteiger partial charge is 1.00 e. The molecule has 0 bridgehead atoms. The van der Waals surface area contributed by atoms with E-state index >= 15 is 0 Å². The Morgan fingerprint density at radius 3 is 0.600 bits per heavy atom. The fourth-order valence-electron chi connectivity index (χ4n) is 0. The fraction of sp³-hybridized carbons (Fsp3) is 0. The van der Waals surface area contributed by atoms with Crippen LogP contribution in [-0.2, 0) is 18.6 Å². The monoisotopic (exact) mass is 128 g/mol. The average Bonchev–Trinajstić information content (AvgIpc) is 0. The zero-order valence-electron chi connectivity index (χ0n) is 2.95. The molecule has 0 heterocycles. The summed E-state index contributed by atoms with van der Waals surface area (Å²) in [6.07, 6.45) is 0. The van der Waals surface area contributed by atoms with Crippen LogP contribution >= 0.6 is 0 Å². The van der Waals surface area contributed by atoms with Gasteiger partial charge in [-0.1, -0.05) is 0 Å². The smallest absolute Gasteiger partial charge is 0.412 e. The SMILES string of the molecule is O.O.O.[Na+].[V]. The molecule has 0 rings (SSSR count). The summed E-state index contributed by atoms with van der Waals surface area (Å²) in [5.74, 6) is 0. The van der Waals surface area contributed by atoms with E-state index in [-0.39, 0.29) is 64.5 Å². The number of hydrogen-bond acceptors (Lipinski definition) is 0. The standard InChI is InChI=1S/Na.3H2O.V/h;3*1H2;/q+1;;;;. The van der Waals surface area contributed by atoms with Crippen molar-refractivity contribution in [3.63, 3.8) is 0 Å². The molecule has 0 aliphatic carbocycles. The second-order valence-electron chi connectivity index (χ2n) is 0. The van der Waals surface area contributed by atoms with Crippen molar-refractivity contribution < 1.29 is 64.5 Å². The van der Waals surface area contributed by atoms with Crippen LogP contribution in [0, 0.1) is 0 Å². The summed E-state index contributed by atoms with van der Waals surface area (Å²) in [4.78, 5) is 0. The molecule has 0 aliphatic heterocycles. The van der Waals surface area contributed by atoms with Crippen LogP contribution in [0.25, 0.3) is 0 Å². The molecule has 29 valence electrons. The molecule has 0 amide bonds. The van der Waals surface area contributed by atoms with Crippen molar-refractivity contribution in [3.05, 3.63) is 0 Å². The summed E-state index contributed by atoms with van der Waals surface area (Å²) >= 11 is 0. The summed E-state index contributed by atoms with van der Waals surface area (Å²) in [7, 11) is 0. The summed E-state index contributed by atoms with van der Waals surface area (Å²) in [6.45, 7) is 0. The normalized spacial score (nSPS) is 0. The van der Waals surface area contributed by atoms with E-state index in [4.69, 9.17) is 0 Å². The topological polar surface area (TPSA) is 94.5 Å². The third-order valence-electron chi connectivity index (χ3n) is 0. The van der Waals surface area contributed by atoms with Gasteiger partial charge in [0.05, 0.1) is 0 Å². The van der Waals surface area contributed by atoms with E-state index in [2.05, 4.69) is 0 Å². The maximum atomic E-state index is 0. The molecule has 0 unspecified atom stereocenters. The number of rotatable bonds is 0. The predicted octanol–water partition coefficient (Wildman–Crippen LogP) is -5.47. The predicted molar refractivity (Wildman–Crippen MR) is 10.8 cm³/mol. The van der Waals surface area contributed by atoms with Crippen LogP contribution in [0.4, 0.5) is 0 Å². The van der Waals surface area contributed by atoms with Crippen LogP contribution in [0.5, 0.6) is 0 Å². The Balaban J connectivity index is 0. The molecule has 0 spiro atoms. The zero-order valence-corrected chi connectivity index (χ0v) is 6.34. The van der Waals surface area contributed by atoms with E-state index in [9.17, 15) is 0 Å². The van der Waals surface area contributed by atoms with Crippen molar-refractivity contribution in [3.8, 4) is 0 Å². The molecular weight excluding hydrogens is 122 g/mol. The van der Waals surface area contributed by atoms with Crippen LogP contribution in [0.15, 0.2) is 0 Å². The summed E-state index contributed by atoms with van der Waals surface area (Å²) in [5.41, 5.74) is 0. The van der Waals surface area contributed by atoms with Gasteiger partial charge in [0.1, 0.15) is 0 Å². The Morgan fingerprint density at radius 1 is 0.600 bits per heavy atom. The van der Waals surface area contributed by atoms with E-state index in [1.807, 2.05) is 0 Å². The first-order valence-electron chi connectivity index (χ1n) is 0. The molecule has 0 atom stereocenters. The molecule has 0 aromatic heterocycles. The molecule has 0 saturated heterocycles. The van der Waals surface area contributed by atoms with E-state index < -0.39 is 0 Å². The molecule has 0 aromatic carbocycles. The maximum absolute atomic E-state index is 0. The number of hydrogen-bond donors (Lipinski definition) is 0. The van der Waals surface area contributed by atoms with Gasteiger partial charge in [0.2, 0.25) is 0 Å². The molecule has 0 saturated carbocycles. The van der Waals surface area contributed by atoms with E-state index in [1.54, 1.807) is 0 Å². The summed E-state index contributed by atoms with van der Waals surface area (Å²) < 4.78 is 0. The minimum absolute atomic E-state index is 0. The molecule has 5 heteroatoms. The maximum Gasteiger partial charge on any atom is 1.00 e. The van der Waals surface area contributed by atoms with Gasteiger partial charge in [-0.3, -0.25) is 0 Å². The zero-order chi connectivity index (χ0) is 0. The minimum Gasteiger partial charge on any atom is -0.412 e. The van der Waals surface area contributed by atoms with Crippen molar-refractivity contribution in [1.82, 2.24) is 0 Å². The van der Waals surface area contributed by atoms with Crippen molar-refractivity contribution in [2.75, 3.05) is 0 Å². The van der Waals surface area contributed by atoms with Gasteiger partial charge >= 0.3 is 29.6 Å². The molecule has 0 aliphatic rings. The van der Waals surface area contributed by atoms with E-state index in [0.717, 1.165) is 0 Å². The van der Waals surface area contributed by atoms with Gasteiger partial charge in [-0.25, -0.2) is 0 Å². The van der Waals surface area contributed by atoms with Crippen molar-refractivity contribution in [2.45, 2.75) is 0 Å². The van der Waals surface area contributed by atoms with Gasteiger partial charge in [-0.2, -0.15) is 0 Å². The average molecular weight is 128 g/mol. The van der Waals surface area contributed by atoms with E-state index in [1.165, 1.54) is 0 Å². The van der Waals surface area contributed by atoms with Gasteiger partial charge in [-0.05, 0) is 0 Å². The first-order valence-corrected chi connectivity index (χ1v) is 0. The first kappa shape index (κ1) is 90.0. The Morgan fingerprint density at radius 2 is 0.600 bits per heavy atom. The second-order valence-corrected chi connectivity index (χ2v) is 0.